The average Bonchev–Trinajstić information content (AvgIpc) is 2.73. The summed E-state index contributed by atoms with van der Waals surface area (Å²) in [6, 6.07) is 5.86. The van der Waals surface area contributed by atoms with Gasteiger partial charge in [0, 0.05) is 12.0 Å². The molecule has 1 aromatic carbocycles. The molecule has 1 saturated heterocycles. The number of aliphatic hydroxyl groups excluding tert-OH is 1. The summed E-state index contributed by atoms with van der Waals surface area (Å²) in [6.07, 6.45) is 1.07. The van der Waals surface area contributed by atoms with Gasteiger partial charge in [-0.15, -0.1) is 0 Å². The first-order valence-electron chi connectivity index (χ1n) is 5.24. The summed E-state index contributed by atoms with van der Waals surface area (Å²) in [5, 5.41) is 9.21. The lowest BCUT2D eigenvalue weighted by molar-refractivity contribution is 0.139. The first-order chi connectivity index (χ1) is 7.29. The van der Waals surface area contributed by atoms with Gasteiger partial charge in [0.1, 0.15) is 11.9 Å². The van der Waals surface area contributed by atoms with E-state index in [4.69, 9.17) is 9.47 Å². The van der Waals surface area contributed by atoms with E-state index in [9.17, 15) is 5.11 Å². The zero-order valence-corrected chi connectivity index (χ0v) is 8.90. The smallest absolute Gasteiger partial charge is 0.125 e. The Kier molecular flexibility index (Phi) is 3.23. The van der Waals surface area contributed by atoms with Crippen molar-refractivity contribution in [2.24, 2.45) is 0 Å². The molecule has 1 N–H and O–H groups in total. The molecule has 1 heterocycles. The molecule has 1 unspecified atom stereocenters. The van der Waals surface area contributed by atoms with Crippen molar-refractivity contribution in [2.75, 3.05) is 13.2 Å². The second-order valence-electron chi connectivity index (χ2n) is 3.87. The van der Waals surface area contributed by atoms with Crippen LogP contribution in [0.4, 0.5) is 0 Å². The van der Waals surface area contributed by atoms with Gasteiger partial charge in [0.2, 0.25) is 0 Å². The predicted octanol–water partition coefficient (Wildman–Crippen LogP) is 1.66. The fourth-order valence-electron chi connectivity index (χ4n) is 1.73. The third-order valence-corrected chi connectivity index (χ3v) is 2.57. The van der Waals surface area contributed by atoms with Crippen LogP contribution in [-0.4, -0.2) is 24.4 Å². The van der Waals surface area contributed by atoms with Crippen molar-refractivity contribution in [1.29, 1.82) is 0 Å². The molecule has 1 aromatic rings. The Labute approximate surface area is 89.6 Å². The van der Waals surface area contributed by atoms with E-state index in [0.29, 0.717) is 6.61 Å². The van der Waals surface area contributed by atoms with E-state index in [0.717, 1.165) is 29.9 Å². The minimum Gasteiger partial charge on any atom is -0.488 e. The molecule has 2 rings (SSSR count). The second-order valence-corrected chi connectivity index (χ2v) is 3.87. The highest BCUT2D eigenvalue weighted by Crippen LogP contribution is 2.23. The Morgan fingerprint density at radius 2 is 2.40 bits per heavy atom. The van der Waals surface area contributed by atoms with Crippen LogP contribution in [0, 0.1) is 6.92 Å². The van der Waals surface area contributed by atoms with Crippen LogP contribution in [0.5, 0.6) is 5.75 Å². The van der Waals surface area contributed by atoms with Crippen LogP contribution in [0.25, 0.3) is 0 Å². The Morgan fingerprint density at radius 3 is 3.07 bits per heavy atom. The standard InChI is InChI=1S/C12H16O3/c1-9-2-3-12(10(6-9)7-13)15-11-4-5-14-8-11/h2-3,6,11,13H,4-5,7-8H2,1H3. The van der Waals surface area contributed by atoms with E-state index in [1.807, 2.05) is 25.1 Å². The fraction of sp³-hybridized carbons (Fsp3) is 0.500. The Bertz CT molecular complexity index is 330. The van der Waals surface area contributed by atoms with Crippen LogP contribution in [0.2, 0.25) is 0 Å². The maximum atomic E-state index is 9.21. The van der Waals surface area contributed by atoms with Crippen molar-refractivity contribution in [2.45, 2.75) is 26.1 Å². The molecule has 15 heavy (non-hydrogen) atoms. The largest absolute Gasteiger partial charge is 0.488 e. The highest BCUT2D eigenvalue weighted by Gasteiger charge is 2.18. The molecule has 0 saturated carbocycles. The first kappa shape index (κ1) is 10.5. The molecule has 3 heteroatoms. The van der Waals surface area contributed by atoms with Gasteiger partial charge in [-0.3, -0.25) is 0 Å². The topological polar surface area (TPSA) is 38.7 Å². The third-order valence-electron chi connectivity index (χ3n) is 2.57. The van der Waals surface area contributed by atoms with E-state index < -0.39 is 0 Å². The molecule has 1 atom stereocenters. The molecule has 0 amide bonds. The highest BCUT2D eigenvalue weighted by molar-refractivity contribution is 5.36. The molecule has 0 spiro atoms. The Morgan fingerprint density at radius 1 is 1.53 bits per heavy atom. The van der Waals surface area contributed by atoms with Crippen LogP contribution >= 0.6 is 0 Å². The number of hydrogen-bond acceptors (Lipinski definition) is 3. The Balaban J connectivity index is 2.12. The maximum Gasteiger partial charge on any atom is 0.125 e. The van der Waals surface area contributed by atoms with Gasteiger partial charge < -0.3 is 14.6 Å². The lowest BCUT2D eigenvalue weighted by Crippen LogP contribution is -2.16. The number of rotatable bonds is 3. The van der Waals surface area contributed by atoms with Crippen molar-refractivity contribution in [3.05, 3.63) is 29.3 Å². The van der Waals surface area contributed by atoms with E-state index in [1.165, 1.54) is 0 Å². The monoisotopic (exact) mass is 208 g/mol. The minimum absolute atomic E-state index is 0.0184. The summed E-state index contributed by atoms with van der Waals surface area (Å²) in [6.45, 7) is 3.44. The molecule has 0 aromatic heterocycles. The predicted molar refractivity (Wildman–Crippen MR) is 57.0 cm³/mol. The van der Waals surface area contributed by atoms with Crippen molar-refractivity contribution in [3.8, 4) is 5.75 Å². The molecule has 0 radical (unpaired) electrons. The van der Waals surface area contributed by atoms with Crippen LogP contribution in [0.1, 0.15) is 17.5 Å². The van der Waals surface area contributed by atoms with Gasteiger partial charge in [-0.25, -0.2) is 0 Å². The fourth-order valence-corrected chi connectivity index (χ4v) is 1.73. The van der Waals surface area contributed by atoms with E-state index in [-0.39, 0.29) is 12.7 Å². The van der Waals surface area contributed by atoms with Crippen LogP contribution in [0.15, 0.2) is 18.2 Å². The van der Waals surface area contributed by atoms with Gasteiger partial charge in [-0.1, -0.05) is 17.7 Å². The zero-order valence-electron chi connectivity index (χ0n) is 8.90. The molecule has 1 aliphatic heterocycles. The molecule has 82 valence electrons. The number of aliphatic hydroxyl groups is 1. The van der Waals surface area contributed by atoms with Gasteiger partial charge in [0.05, 0.1) is 19.8 Å². The normalized spacial score (nSPS) is 20.5. The minimum atomic E-state index is 0.0184. The van der Waals surface area contributed by atoms with Gasteiger partial charge in [0.15, 0.2) is 0 Å². The quantitative estimate of drug-likeness (QED) is 0.821. The van der Waals surface area contributed by atoms with Crippen molar-refractivity contribution >= 4 is 0 Å². The molecule has 1 aliphatic rings. The zero-order chi connectivity index (χ0) is 10.7. The Hall–Kier alpha value is -1.06. The van der Waals surface area contributed by atoms with Crippen LogP contribution < -0.4 is 4.74 Å². The number of benzene rings is 1. The second kappa shape index (κ2) is 4.64. The van der Waals surface area contributed by atoms with Gasteiger partial charge in [0.25, 0.3) is 0 Å². The van der Waals surface area contributed by atoms with Crippen LogP contribution in [-0.2, 0) is 11.3 Å². The lowest BCUT2D eigenvalue weighted by atomic mass is 10.1. The highest BCUT2D eigenvalue weighted by atomic mass is 16.5. The summed E-state index contributed by atoms with van der Waals surface area (Å²) in [4.78, 5) is 0. The number of ether oxygens (including phenoxy) is 2. The van der Waals surface area contributed by atoms with Crippen molar-refractivity contribution in [1.82, 2.24) is 0 Å². The van der Waals surface area contributed by atoms with Gasteiger partial charge >= 0.3 is 0 Å². The molecular weight excluding hydrogens is 192 g/mol. The summed E-state index contributed by atoms with van der Waals surface area (Å²) < 4.78 is 11.0. The van der Waals surface area contributed by atoms with Gasteiger partial charge in [-0.2, -0.15) is 0 Å². The van der Waals surface area contributed by atoms with Crippen molar-refractivity contribution in [3.63, 3.8) is 0 Å². The first-order valence-corrected chi connectivity index (χ1v) is 5.24. The van der Waals surface area contributed by atoms with Crippen molar-refractivity contribution < 1.29 is 14.6 Å². The van der Waals surface area contributed by atoms with E-state index in [1.54, 1.807) is 0 Å². The van der Waals surface area contributed by atoms with Crippen LogP contribution in [0.3, 0.4) is 0 Å². The molecule has 0 aliphatic carbocycles. The van der Waals surface area contributed by atoms with E-state index >= 15 is 0 Å². The van der Waals surface area contributed by atoms with Gasteiger partial charge in [-0.05, 0) is 13.0 Å². The molecule has 3 nitrogen and oxygen atoms in total. The molecule has 0 bridgehead atoms. The lowest BCUT2D eigenvalue weighted by Gasteiger charge is -2.15. The maximum absolute atomic E-state index is 9.21. The number of aryl methyl sites for hydroxylation is 1. The SMILES string of the molecule is Cc1ccc(OC2CCOC2)c(CO)c1. The summed E-state index contributed by atoms with van der Waals surface area (Å²) >= 11 is 0. The third kappa shape index (κ3) is 2.49. The molecular formula is C12H16O3. The average molecular weight is 208 g/mol. The number of hydrogen-bond donors (Lipinski definition) is 1. The molecule has 1 fully saturated rings. The summed E-state index contributed by atoms with van der Waals surface area (Å²) in [5.41, 5.74) is 1.98. The van der Waals surface area contributed by atoms with E-state index in [2.05, 4.69) is 0 Å². The summed E-state index contributed by atoms with van der Waals surface area (Å²) in [5.74, 6) is 0.776. The summed E-state index contributed by atoms with van der Waals surface area (Å²) in [7, 11) is 0.